The third-order valence-corrected chi connectivity index (χ3v) is 3.38. The summed E-state index contributed by atoms with van der Waals surface area (Å²) >= 11 is 0. The molecule has 1 aromatic rings. The number of carboxylic acids is 1. The van der Waals surface area contributed by atoms with Crippen molar-refractivity contribution >= 4 is 17.7 Å². The maximum absolute atomic E-state index is 12.2. The minimum absolute atomic E-state index is 0.0268. The molecule has 0 aromatic heterocycles. The van der Waals surface area contributed by atoms with Crippen molar-refractivity contribution in [2.45, 2.75) is 25.1 Å². The molecule has 2 amide bonds. The number of aliphatic hydroxyl groups is 1. The molecule has 0 aliphatic carbocycles. The Hall–Kier alpha value is -2.12. The van der Waals surface area contributed by atoms with Crippen molar-refractivity contribution in [3.8, 4) is 0 Å². The fourth-order valence-electron chi connectivity index (χ4n) is 2.43. The van der Waals surface area contributed by atoms with Gasteiger partial charge in [0.25, 0.3) is 0 Å². The van der Waals surface area contributed by atoms with Crippen LogP contribution in [0.5, 0.6) is 0 Å². The van der Waals surface area contributed by atoms with Crippen LogP contribution >= 0.6 is 0 Å². The number of carbonyl (C=O) groups excluding carboxylic acids is 1. The fraction of sp³-hybridized carbons (Fsp3) is 0.429. The molecule has 2 rings (SSSR count). The molecule has 114 valence electrons. The molecule has 1 unspecified atom stereocenters. The van der Waals surface area contributed by atoms with Crippen molar-refractivity contribution < 1.29 is 19.8 Å². The summed E-state index contributed by atoms with van der Waals surface area (Å²) in [7, 11) is 1.83. The van der Waals surface area contributed by atoms with Gasteiger partial charge in [-0.25, -0.2) is 9.59 Å². The van der Waals surface area contributed by atoms with Crippen LogP contribution in [0, 0.1) is 0 Å². The summed E-state index contributed by atoms with van der Waals surface area (Å²) in [5.74, 6) is -1.11. The van der Waals surface area contributed by atoms with Crippen molar-refractivity contribution in [1.82, 2.24) is 10.2 Å². The quantitative estimate of drug-likeness (QED) is 0.646. The second-order valence-corrected chi connectivity index (χ2v) is 5.06. The second kappa shape index (κ2) is 6.55. The average molecular weight is 293 g/mol. The second-order valence-electron chi connectivity index (χ2n) is 5.06. The molecule has 1 fully saturated rings. The highest BCUT2D eigenvalue weighted by atomic mass is 16.4. The summed E-state index contributed by atoms with van der Waals surface area (Å²) < 4.78 is 0. The van der Waals surface area contributed by atoms with Gasteiger partial charge >= 0.3 is 12.0 Å². The van der Waals surface area contributed by atoms with Gasteiger partial charge in [0, 0.05) is 25.2 Å². The van der Waals surface area contributed by atoms with E-state index in [0.29, 0.717) is 12.2 Å². The molecule has 1 aliphatic heterocycles. The number of carboxylic acid groups (broad SMARTS) is 1. The number of aliphatic carboxylic acids is 1. The van der Waals surface area contributed by atoms with Gasteiger partial charge in [0.1, 0.15) is 6.04 Å². The fourth-order valence-corrected chi connectivity index (χ4v) is 2.43. The number of β-amino-alcohol motifs (C(OH)–C–C–N with tert-alkyl or cyclic N) is 1. The third-order valence-electron chi connectivity index (χ3n) is 3.38. The SMILES string of the molecule is CNCc1cccc(NC(=O)N2CC(O)C[C@H]2C(=O)O)c1. The first-order valence-corrected chi connectivity index (χ1v) is 6.73. The number of benzene rings is 1. The zero-order valence-electron chi connectivity index (χ0n) is 11.7. The summed E-state index contributed by atoms with van der Waals surface area (Å²) in [6.45, 7) is 0.697. The van der Waals surface area contributed by atoms with E-state index in [0.717, 1.165) is 10.5 Å². The standard InChI is InChI=1S/C14H19N3O4/c1-15-7-9-3-2-4-10(5-9)16-14(21)17-8-11(18)6-12(17)13(19)20/h2-5,11-12,15,18H,6-8H2,1H3,(H,16,21)(H,19,20)/t11?,12-/m0/s1. The minimum atomic E-state index is -1.11. The lowest BCUT2D eigenvalue weighted by Gasteiger charge is -2.21. The van der Waals surface area contributed by atoms with Gasteiger partial charge < -0.3 is 25.7 Å². The molecule has 7 heteroatoms. The Morgan fingerprint density at radius 3 is 2.86 bits per heavy atom. The van der Waals surface area contributed by atoms with Crippen molar-refractivity contribution in [3.63, 3.8) is 0 Å². The molecule has 0 bridgehead atoms. The lowest BCUT2D eigenvalue weighted by Crippen LogP contribution is -2.43. The molecule has 1 saturated heterocycles. The van der Waals surface area contributed by atoms with E-state index < -0.39 is 24.1 Å². The monoisotopic (exact) mass is 293 g/mol. The molecule has 1 aromatic carbocycles. The molecule has 1 aliphatic rings. The van der Waals surface area contributed by atoms with Crippen molar-refractivity contribution in [2.75, 3.05) is 18.9 Å². The van der Waals surface area contributed by atoms with Crippen LogP contribution in [0.15, 0.2) is 24.3 Å². The van der Waals surface area contributed by atoms with Crippen LogP contribution < -0.4 is 10.6 Å². The van der Waals surface area contributed by atoms with Gasteiger partial charge in [-0.3, -0.25) is 0 Å². The van der Waals surface area contributed by atoms with Gasteiger partial charge in [-0.15, -0.1) is 0 Å². The Morgan fingerprint density at radius 1 is 1.43 bits per heavy atom. The highest BCUT2D eigenvalue weighted by Gasteiger charge is 2.38. The number of aliphatic hydroxyl groups excluding tert-OH is 1. The predicted molar refractivity (Wildman–Crippen MR) is 77.0 cm³/mol. The number of carbonyl (C=O) groups is 2. The first-order chi connectivity index (χ1) is 10.0. The Kier molecular flexibility index (Phi) is 4.77. The van der Waals surface area contributed by atoms with E-state index in [1.807, 2.05) is 25.2 Å². The number of nitrogens with one attached hydrogen (secondary N) is 2. The molecule has 21 heavy (non-hydrogen) atoms. The molecule has 1 heterocycles. The van der Waals surface area contributed by atoms with Gasteiger partial charge in [0.2, 0.25) is 0 Å². The molecule has 7 nitrogen and oxygen atoms in total. The summed E-state index contributed by atoms with van der Waals surface area (Å²) in [5.41, 5.74) is 1.60. The Morgan fingerprint density at radius 2 is 2.19 bits per heavy atom. The normalized spacial score (nSPS) is 21.3. The molecule has 2 atom stereocenters. The van der Waals surface area contributed by atoms with Crippen molar-refractivity contribution in [2.24, 2.45) is 0 Å². The summed E-state index contributed by atoms with van der Waals surface area (Å²) in [6, 6.07) is 5.79. The van der Waals surface area contributed by atoms with E-state index in [1.165, 1.54) is 0 Å². The van der Waals surface area contributed by atoms with Gasteiger partial charge in [-0.2, -0.15) is 0 Å². The number of rotatable bonds is 4. The predicted octanol–water partition coefficient (Wildman–Crippen LogP) is 0.458. The van der Waals surface area contributed by atoms with Crippen LogP contribution in [0.3, 0.4) is 0 Å². The van der Waals surface area contributed by atoms with Gasteiger partial charge in [0.05, 0.1) is 6.10 Å². The van der Waals surface area contributed by atoms with Crippen LogP contribution in [0.1, 0.15) is 12.0 Å². The lowest BCUT2D eigenvalue weighted by atomic mass is 10.2. The lowest BCUT2D eigenvalue weighted by molar-refractivity contribution is -0.141. The summed E-state index contributed by atoms with van der Waals surface area (Å²) in [6.07, 6.45) is -0.741. The highest BCUT2D eigenvalue weighted by Crippen LogP contribution is 2.20. The van der Waals surface area contributed by atoms with Crippen LogP contribution in [0.4, 0.5) is 10.5 Å². The summed E-state index contributed by atoms with van der Waals surface area (Å²) in [4.78, 5) is 24.4. The van der Waals surface area contributed by atoms with Crippen molar-refractivity contribution in [1.29, 1.82) is 0 Å². The van der Waals surface area contributed by atoms with E-state index in [2.05, 4.69) is 10.6 Å². The van der Waals surface area contributed by atoms with Crippen LogP contribution in [-0.2, 0) is 11.3 Å². The Labute approximate surface area is 122 Å². The number of urea groups is 1. The zero-order chi connectivity index (χ0) is 15.4. The maximum Gasteiger partial charge on any atom is 0.326 e. The topological polar surface area (TPSA) is 102 Å². The van der Waals surface area contributed by atoms with E-state index in [-0.39, 0.29) is 13.0 Å². The Balaban J connectivity index is 2.07. The average Bonchev–Trinajstić information content (AvgIpc) is 2.82. The minimum Gasteiger partial charge on any atom is -0.480 e. The number of hydrogen-bond acceptors (Lipinski definition) is 4. The largest absolute Gasteiger partial charge is 0.480 e. The highest BCUT2D eigenvalue weighted by molar-refractivity contribution is 5.92. The molecule has 0 spiro atoms. The zero-order valence-corrected chi connectivity index (χ0v) is 11.7. The smallest absolute Gasteiger partial charge is 0.326 e. The van der Waals surface area contributed by atoms with Gasteiger partial charge in [0.15, 0.2) is 0 Å². The number of hydrogen-bond donors (Lipinski definition) is 4. The van der Waals surface area contributed by atoms with Gasteiger partial charge in [-0.05, 0) is 24.7 Å². The van der Waals surface area contributed by atoms with E-state index in [4.69, 9.17) is 5.11 Å². The van der Waals surface area contributed by atoms with Gasteiger partial charge in [-0.1, -0.05) is 12.1 Å². The van der Waals surface area contributed by atoms with Crippen LogP contribution in [0.2, 0.25) is 0 Å². The van der Waals surface area contributed by atoms with Crippen LogP contribution in [0.25, 0.3) is 0 Å². The molecular weight excluding hydrogens is 274 g/mol. The summed E-state index contributed by atoms with van der Waals surface area (Å²) in [5, 5.41) is 24.3. The molecular formula is C14H19N3O4. The number of anilines is 1. The number of amides is 2. The maximum atomic E-state index is 12.2. The van der Waals surface area contributed by atoms with Crippen molar-refractivity contribution in [3.05, 3.63) is 29.8 Å². The Bertz CT molecular complexity index is 535. The molecule has 0 radical (unpaired) electrons. The van der Waals surface area contributed by atoms with E-state index in [1.54, 1.807) is 6.07 Å². The number of likely N-dealkylation sites (tertiary alicyclic amines) is 1. The number of nitrogens with zero attached hydrogens (tertiary/aromatic N) is 1. The molecule has 0 saturated carbocycles. The first kappa shape index (κ1) is 15.3. The van der Waals surface area contributed by atoms with Crippen LogP contribution in [-0.4, -0.2) is 52.9 Å². The van der Waals surface area contributed by atoms with E-state index >= 15 is 0 Å². The van der Waals surface area contributed by atoms with E-state index in [9.17, 15) is 14.7 Å². The third kappa shape index (κ3) is 3.71. The first-order valence-electron chi connectivity index (χ1n) is 6.73. The molecule has 4 N–H and O–H groups in total.